The molecule has 20 heavy (non-hydrogen) atoms. The number of anilines is 3. The van der Waals surface area contributed by atoms with Crippen molar-refractivity contribution in [2.75, 3.05) is 17.7 Å². The van der Waals surface area contributed by atoms with Crippen LogP contribution in [0.15, 0.2) is 30.6 Å². The Morgan fingerprint density at radius 2 is 1.85 bits per heavy atom. The van der Waals surface area contributed by atoms with E-state index in [1.165, 1.54) is 6.33 Å². The average Bonchev–Trinajstić information content (AvgIpc) is 2.49. The van der Waals surface area contributed by atoms with Gasteiger partial charge in [-0.05, 0) is 24.1 Å². The zero-order valence-corrected chi connectivity index (χ0v) is 11.6. The predicted molar refractivity (Wildman–Crippen MR) is 80.0 cm³/mol. The molecule has 0 aliphatic rings. The molecule has 0 spiro atoms. The van der Waals surface area contributed by atoms with Gasteiger partial charge in [-0.3, -0.25) is 0 Å². The predicted octanol–water partition coefficient (Wildman–Crippen LogP) is 2.89. The second kappa shape index (κ2) is 6.53. The Labute approximate surface area is 118 Å². The second-order valence-corrected chi connectivity index (χ2v) is 4.31. The number of hydrogen-bond acceptors (Lipinski definition) is 5. The molecule has 0 aliphatic carbocycles. The Bertz CT molecular complexity index is 613. The lowest BCUT2D eigenvalue weighted by Gasteiger charge is -2.13. The summed E-state index contributed by atoms with van der Waals surface area (Å²) in [6, 6.07) is 9.92. The highest BCUT2D eigenvalue weighted by Gasteiger charge is 2.08. The molecule has 0 fully saturated rings. The van der Waals surface area contributed by atoms with E-state index in [-0.39, 0.29) is 0 Å². The Balaban J connectivity index is 2.23. The first-order valence-corrected chi connectivity index (χ1v) is 6.53. The second-order valence-electron chi connectivity index (χ2n) is 4.31. The summed E-state index contributed by atoms with van der Waals surface area (Å²) in [5.74, 6) is 1.64. The van der Waals surface area contributed by atoms with Gasteiger partial charge in [0, 0.05) is 18.3 Å². The molecule has 0 aliphatic heterocycles. The Kier molecular flexibility index (Phi) is 4.51. The highest BCUT2D eigenvalue weighted by atomic mass is 15.1. The molecule has 2 N–H and O–H groups in total. The smallest absolute Gasteiger partial charge is 0.139 e. The van der Waals surface area contributed by atoms with E-state index < -0.39 is 0 Å². The summed E-state index contributed by atoms with van der Waals surface area (Å²) in [6.07, 6.45) is 2.81. The van der Waals surface area contributed by atoms with Crippen LogP contribution in [0, 0.1) is 11.3 Å². The Hall–Kier alpha value is -2.61. The van der Waals surface area contributed by atoms with E-state index in [0.717, 1.165) is 34.9 Å². The number of benzene rings is 1. The molecular weight excluding hydrogens is 250 g/mol. The molecule has 0 bridgehead atoms. The molecule has 5 nitrogen and oxygen atoms in total. The number of hydrogen-bond donors (Lipinski definition) is 2. The molecule has 0 radical (unpaired) electrons. The largest absolute Gasteiger partial charge is 0.373 e. The molecule has 1 heterocycles. The summed E-state index contributed by atoms with van der Waals surface area (Å²) in [5.41, 5.74) is 3.01. The Morgan fingerprint density at radius 3 is 2.45 bits per heavy atom. The van der Waals surface area contributed by atoms with E-state index in [2.05, 4.69) is 33.6 Å². The van der Waals surface area contributed by atoms with Gasteiger partial charge in [0.1, 0.15) is 18.0 Å². The van der Waals surface area contributed by atoms with Crippen LogP contribution < -0.4 is 10.6 Å². The molecule has 5 heteroatoms. The molecule has 0 saturated carbocycles. The summed E-state index contributed by atoms with van der Waals surface area (Å²) in [4.78, 5) is 8.51. The van der Waals surface area contributed by atoms with Gasteiger partial charge in [0.25, 0.3) is 0 Å². The van der Waals surface area contributed by atoms with Crippen molar-refractivity contribution >= 4 is 17.3 Å². The maximum atomic E-state index is 8.66. The third kappa shape index (κ3) is 3.04. The van der Waals surface area contributed by atoms with Crippen LogP contribution in [0.4, 0.5) is 17.3 Å². The lowest BCUT2D eigenvalue weighted by molar-refractivity contribution is 1.05. The molecule has 0 unspecified atom stereocenters. The lowest BCUT2D eigenvalue weighted by Crippen LogP contribution is -2.04. The first kappa shape index (κ1) is 13.8. The van der Waals surface area contributed by atoms with Gasteiger partial charge < -0.3 is 10.6 Å². The van der Waals surface area contributed by atoms with Crippen molar-refractivity contribution in [2.24, 2.45) is 0 Å². The van der Waals surface area contributed by atoms with Crippen molar-refractivity contribution in [1.29, 1.82) is 5.26 Å². The number of nitrogens with zero attached hydrogens (tertiary/aromatic N) is 3. The first-order valence-electron chi connectivity index (χ1n) is 6.53. The number of nitrogens with one attached hydrogen (secondary N) is 2. The maximum absolute atomic E-state index is 8.66. The van der Waals surface area contributed by atoms with Gasteiger partial charge in [-0.1, -0.05) is 19.1 Å². The zero-order valence-electron chi connectivity index (χ0n) is 11.6. The van der Waals surface area contributed by atoms with Gasteiger partial charge in [-0.15, -0.1) is 0 Å². The van der Waals surface area contributed by atoms with Crippen molar-refractivity contribution in [3.8, 4) is 6.07 Å². The van der Waals surface area contributed by atoms with Crippen LogP contribution in [0.5, 0.6) is 0 Å². The third-order valence-electron chi connectivity index (χ3n) is 3.04. The fourth-order valence-electron chi connectivity index (χ4n) is 2.00. The van der Waals surface area contributed by atoms with Crippen molar-refractivity contribution in [3.63, 3.8) is 0 Å². The van der Waals surface area contributed by atoms with Crippen LogP contribution in [0.3, 0.4) is 0 Å². The standard InChI is InChI=1S/C15H17N5/c1-3-13-14(17-2)18-10-19-15(13)20-12-6-4-11(5-7-12)8-9-16/h4-7,10H,3,8H2,1-2H3,(H2,17,18,19,20). The molecule has 0 amide bonds. The van der Waals surface area contributed by atoms with Crippen molar-refractivity contribution in [3.05, 3.63) is 41.7 Å². The molecule has 2 aromatic rings. The molecular formula is C15H17N5. The van der Waals surface area contributed by atoms with Crippen LogP contribution in [0.25, 0.3) is 0 Å². The van der Waals surface area contributed by atoms with E-state index in [1.54, 1.807) is 0 Å². The monoisotopic (exact) mass is 267 g/mol. The molecule has 102 valence electrons. The van der Waals surface area contributed by atoms with E-state index in [1.807, 2.05) is 31.3 Å². The van der Waals surface area contributed by atoms with Gasteiger partial charge in [0.15, 0.2) is 0 Å². The lowest BCUT2D eigenvalue weighted by atomic mass is 10.1. The minimum Gasteiger partial charge on any atom is -0.373 e. The van der Waals surface area contributed by atoms with E-state index in [9.17, 15) is 0 Å². The van der Waals surface area contributed by atoms with Crippen molar-refractivity contribution in [1.82, 2.24) is 9.97 Å². The topological polar surface area (TPSA) is 73.6 Å². The fraction of sp³-hybridized carbons (Fsp3) is 0.267. The maximum Gasteiger partial charge on any atom is 0.139 e. The highest BCUT2D eigenvalue weighted by molar-refractivity contribution is 5.64. The fourth-order valence-corrected chi connectivity index (χ4v) is 2.00. The average molecular weight is 267 g/mol. The normalized spacial score (nSPS) is 9.85. The van der Waals surface area contributed by atoms with Crippen LogP contribution in [0.2, 0.25) is 0 Å². The quantitative estimate of drug-likeness (QED) is 0.871. The molecule has 1 aromatic carbocycles. The van der Waals surface area contributed by atoms with Gasteiger partial charge in [-0.25, -0.2) is 9.97 Å². The van der Waals surface area contributed by atoms with Crippen molar-refractivity contribution in [2.45, 2.75) is 19.8 Å². The SMILES string of the molecule is CCc1c(NC)ncnc1Nc1ccc(CC#N)cc1. The van der Waals surface area contributed by atoms with Gasteiger partial charge in [0.2, 0.25) is 0 Å². The zero-order chi connectivity index (χ0) is 14.4. The minimum atomic E-state index is 0.428. The highest BCUT2D eigenvalue weighted by Crippen LogP contribution is 2.23. The Morgan fingerprint density at radius 1 is 1.15 bits per heavy atom. The summed E-state index contributed by atoms with van der Waals surface area (Å²) < 4.78 is 0. The third-order valence-corrected chi connectivity index (χ3v) is 3.04. The van der Waals surface area contributed by atoms with Gasteiger partial charge in [0.05, 0.1) is 12.5 Å². The molecule has 0 saturated heterocycles. The first-order chi connectivity index (χ1) is 9.78. The number of aromatic nitrogens is 2. The van der Waals surface area contributed by atoms with E-state index >= 15 is 0 Å². The van der Waals surface area contributed by atoms with Crippen LogP contribution in [-0.4, -0.2) is 17.0 Å². The van der Waals surface area contributed by atoms with E-state index in [4.69, 9.17) is 5.26 Å². The molecule has 1 aromatic heterocycles. The summed E-state index contributed by atoms with van der Waals surface area (Å²) in [7, 11) is 1.85. The van der Waals surface area contributed by atoms with Gasteiger partial charge in [-0.2, -0.15) is 5.26 Å². The molecule has 0 atom stereocenters. The summed E-state index contributed by atoms with van der Waals surface area (Å²) in [5, 5.41) is 15.0. The summed E-state index contributed by atoms with van der Waals surface area (Å²) in [6.45, 7) is 2.07. The van der Waals surface area contributed by atoms with Crippen LogP contribution >= 0.6 is 0 Å². The number of nitriles is 1. The van der Waals surface area contributed by atoms with Crippen LogP contribution in [0.1, 0.15) is 18.1 Å². The molecule has 2 rings (SSSR count). The minimum absolute atomic E-state index is 0.428. The number of rotatable bonds is 5. The van der Waals surface area contributed by atoms with Crippen LogP contribution in [-0.2, 0) is 12.8 Å². The summed E-state index contributed by atoms with van der Waals surface area (Å²) >= 11 is 0. The van der Waals surface area contributed by atoms with Gasteiger partial charge >= 0.3 is 0 Å². The van der Waals surface area contributed by atoms with E-state index in [0.29, 0.717) is 6.42 Å². The van der Waals surface area contributed by atoms with Crippen molar-refractivity contribution < 1.29 is 0 Å².